The van der Waals surface area contributed by atoms with Crippen molar-refractivity contribution in [3.63, 3.8) is 0 Å². The molecule has 0 aromatic heterocycles. The average Bonchev–Trinajstić information content (AvgIpc) is 2.22. The summed E-state index contributed by atoms with van der Waals surface area (Å²) in [4.78, 5) is 0. The van der Waals surface area contributed by atoms with E-state index in [0.717, 1.165) is 12.8 Å². The number of hydrogen-bond donors (Lipinski definition) is 1. The van der Waals surface area contributed by atoms with E-state index in [9.17, 15) is 5.02 Å². The Labute approximate surface area is 111 Å². The highest BCUT2D eigenvalue weighted by Gasteiger charge is 2.34. The van der Waals surface area contributed by atoms with Gasteiger partial charge in [0, 0.05) is 13.2 Å². The summed E-state index contributed by atoms with van der Waals surface area (Å²) >= 11 is 0. The van der Waals surface area contributed by atoms with Gasteiger partial charge in [0.2, 0.25) is 0 Å². The molecule has 0 rings (SSSR count). The van der Waals surface area contributed by atoms with Gasteiger partial charge in [-0.15, -0.1) is 0 Å². The number of hydrogen-bond acceptors (Lipinski definition) is 5. The summed E-state index contributed by atoms with van der Waals surface area (Å²) in [6.07, 6.45) is 1.77. The molecule has 0 unspecified atom stereocenters. The molecule has 0 aliphatic carbocycles. The van der Waals surface area contributed by atoms with Crippen LogP contribution in [0.25, 0.3) is 0 Å². The van der Waals surface area contributed by atoms with Gasteiger partial charge in [-0.25, -0.2) is 0 Å². The van der Waals surface area contributed by atoms with E-state index >= 15 is 0 Å². The number of ether oxygens (including phenoxy) is 2. The topological polar surface area (TPSA) is 57.2 Å². The molecule has 0 radical (unpaired) electrons. The molecule has 5 nitrogen and oxygen atoms in total. The van der Waals surface area contributed by atoms with Crippen molar-refractivity contribution in [2.75, 3.05) is 13.2 Å². The third-order valence-electron chi connectivity index (χ3n) is 2.08. The second-order valence-electron chi connectivity index (χ2n) is 5.04. The largest absolute Gasteiger partial charge is 0.640 e. The summed E-state index contributed by atoms with van der Waals surface area (Å²) in [5.41, 5.74) is 0. The summed E-state index contributed by atoms with van der Waals surface area (Å²) in [7, 11) is -1.39. The van der Waals surface area contributed by atoms with E-state index in [2.05, 4.69) is 0 Å². The minimum absolute atomic E-state index is 0.565. The Balaban J connectivity index is 4.11. The second kappa shape index (κ2) is 8.12. The molecule has 18 heavy (non-hydrogen) atoms. The first-order valence-electron chi connectivity index (χ1n) is 6.54. The molecule has 0 spiro atoms. The summed E-state index contributed by atoms with van der Waals surface area (Å²) in [5.74, 6) is -1.79. The van der Waals surface area contributed by atoms with Crippen molar-refractivity contribution in [3.05, 3.63) is 0 Å². The molecule has 0 amide bonds. The maximum Gasteiger partial charge on any atom is 0.640 e. The van der Waals surface area contributed by atoms with Gasteiger partial charge in [-0.3, -0.25) is 0 Å². The fraction of sp³-hybridized carbons (Fsp3) is 1.00. The van der Waals surface area contributed by atoms with E-state index in [-0.39, 0.29) is 0 Å². The Morgan fingerprint density at radius 3 is 1.44 bits per heavy atom. The fourth-order valence-electron chi connectivity index (χ4n) is 1.27. The molecule has 6 heteroatoms. The zero-order valence-corrected chi connectivity index (χ0v) is 12.5. The Morgan fingerprint density at radius 2 is 1.17 bits per heavy atom. The van der Waals surface area contributed by atoms with Crippen LogP contribution in [-0.2, 0) is 18.8 Å². The lowest BCUT2D eigenvalue weighted by atomic mass is 10.2. The Morgan fingerprint density at radius 1 is 0.833 bits per heavy atom. The highest BCUT2D eigenvalue weighted by atomic mass is 16.8. The van der Waals surface area contributed by atoms with E-state index in [0.29, 0.717) is 13.2 Å². The Kier molecular flexibility index (Phi) is 8.06. The van der Waals surface area contributed by atoms with Crippen LogP contribution in [0.5, 0.6) is 0 Å². The highest BCUT2D eigenvalue weighted by molar-refractivity contribution is 6.34. The van der Waals surface area contributed by atoms with E-state index in [1.165, 1.54) is 0 Å². The molecule has 1 N–H and O–H groups in total. The maximum absolute atomic E-state index is 9.71. The van der Waals surface area contributed by atoms with Gasteiger partial charge in [0.25, 0.3) is 0 Å². The van der Waals surface area contributed by atoms with Gasteiger partial charge in [-0.2, -0.15) is 0 Å². The molecule has 0 aromatic rings. The first kappa shape index (κ1) is 17.9. The van der Waals surface area contributed by atoms with Crippen LogP contribution in [0.2, 0.25) is 0 Å². The predicted molar refractivity (Wildman–Crippen MR) is 70.8 cm³/mol. The van der Waals surface area contributed by atoms with Gasteiger partial charge < -0.3 is 23.8 Å². The Bertz CT molecular complexity index is 199. The minimum Gasteiger partial charge on any atom is -0.401 e. The smallest absolute Gasteiger partial charge is 0.401 e. The second-order valence-corrected chi connectivity index (χ2v) is 5.04. The van der Waals surface area contributed by atoms with E-state index in [1.54, 1.807) is 27.7 Å². The van der Waals surface area contributed by atoms with Crippen LogP contribution in [0, 0.1) is 0 Å². The van der Waals surface area contributed by atoms with Crippen LogP contribution in [0.4, 0.5) is 0 Å². The molecule has 0 aliphatic heterocycles. The van der Waals surface area contributed by atoms with Crippen LogP contribution in [0.3, 0.4) is 0 Å². The molecular formula is C12H27BO5. The monoisotopic (exact) mass is 262 g/mol. The molecule has 0 saturated heterocycles. The normalized spacial score (nSPS) is 12.8. The van der Waals surface area contributed by atoms with Gasteiger partial charge in [-0.1, -0.05) is 13.8 Å². The van der Waals surface area contributed by atoms with Crippen LogP contribution in [-0.4, -0.2) is 37.1 Å². The van der Waals surface area contributed by atoms with Crippen molar-refractivity contribution in [3.8, 4) is 0 Å². The Hall–Kier alpha value is -0.135. The van der Waals surface area contributed by atoms with Crippen molar-refractivity contribution in [2.45, 2.75) is 66.0 Å². The molecular weight excluding hydrogens is 235 g/mol. The number of rotatable bonds is 10. The third-order valence-corrected chi connectivity index (χ3v) is 2.08. The van der Waals surface area contributed by atoms with Crippen LogP contribution >= 0.6 is 0 Å². The third kappa shape index (κ3) is 8.88. The predicted octanol–water partition coefficient (Wildman–Crippen LogP) is 2.32. The molecule has 0 atom stereocenters. The van der Waals surface area contributed by atoms with Gasteiger partial charge >= 0.3 is 7.32 Å². The van der Waals surface area contributed by atoms with Crippen molar-refractivity contribution in [1.82, 2.24) is 0 Å². The zero-order chi connectivity index (χ0) is 14.2. The van der Waals surface area contributed by atoms with Gasteiger partial charge in [0.1, 0.15) is 0 Å². The minimum atomic E-state index is -1.39. The quantitative estimate of drug-likeness (QED) is 0.483. The van der Waals surface area contributed by atoms with Gasteiger partial charge in [0.15, 0.2) is 11.6 Å². The SMILES string of the molecule is CCCOC(C)(C)OB(O)OC(C)(C)OCCC. The van der Waals surface area contributed by atoms with E-state index < -0.39 is 18.9 Å². The first-order valence-corrected chi connectivity index (χ1v) is 6.54. The van der Waals surface area contributed by atoms with Crippen molar-refractivity contribution in [2.24, 2.45) is 0 Å². The highest BCUT2D eigenvalue weighted by Crippen LogP contribution is 2.17. The molecule has 0 heterocycles. The summed E-state index contributed by atoms with van der Waals surface area (Å²) in [5, 5.41) is 9.71. The molecule has 0 fully saturated rings. The average molecular weight is 262 g/mol. The van der Waals surface area contributed by atoms with E-state index in [1.807, 2.05) is 13.8 Å². The van der Waals surface area contributed by atoms with Gasteiger partial charge in [0.05, 0.1) is 0 Å². The summed E-state index contributed by atoms with van der Waals surface area (Å²) < 4.78 is 21.5. The van der Waals surface area contributed by atoms with Crippen molar-refractivity contribution < 1.29 is 23.8 Å². The molecule has 108 valence electrons. The lowest BCUT2D eigenvalue weighted by Gasteiger charge is -2.31. The van der Waals surface area contributed by atoms with Crippen LogP contribution in [0.15, 0.2) is 0 Å². The summed E-state index contributed by atoms with van der Waals surface area (Å²) in [6, 6.07) is 0. The standard InChI is InChI=1S/C12H27BO5/c1-7-9-15-11(3,4)17-13(14)18-12(5,6)16-10-8-2/h14H,7-10H2,1-6H3. The fourth-order valence-corrected chi connectivity index (χ4v) is 1.27. The van der Waals surface area contributed by atoms with Crippen molar-refractivity contribution >= 4 is 7.32 Å². The first-order chi connectivity index (χ1) is 8.22. The van der Waals surface area contributed by atoms with Crippen LogP contribution in [0.1, 0.15) is 54.4 Å². The van der Waals surface area contributed by atoms with Crippen LogP contribution < -0.4 is 0 Å². The molecule has 0 saturated carbocycles. The summed E-state index contributed by atoms with van der Waals surface area (Å²) in [6.45, 7) is 12.1. The lowest BCUT2D eigenvalue weighted by Crippen LogP contribution is -2.43. The lowest BCUT2D eigenvalue weighted by molar-refractivity contribution is -0.214. The molecule has 0 aromatic carbocycles. The molecule has 0 bridgehead atoms. The zero-order valence-electron chi connectivity index (χ0n) is 12.5. The van der Waals surface area contributed by atoms with Gasteiger partial charge in [-0.05, 0) is 40.5 Å². The molecule has 0 aliphatic rings. The van der Waals surface area contributed by atoms with Crippen molar-refractivity contribution in [1.29, 1.82) is 0 Å². The van der Waals surface area contributed by atoms with E-state index in [4.69, 9.17) is 18.8 Å². The maximum atomic E-state index is 9.71.